The Morgan fingerprint density at radius 1 is 1.23 bits per heavy atom. The number of piperidine rings is 1. The van der Waals surface area contributed by atoms with Crippen LogP contribution in [0.4, 0.5) is 5.13 Å². The van der Waals surface area contributed by atoms with Gasteiger partial charge in [0.1, 0.15) is 0 Å². The first-order chi connectivity index (χ1) is 14.4. The van der Waals surface area contributed by atoms with E-state index >= 15 is 0 Å². The summed E-state index contributed by atoms with van der Waals surface area (Å²) in [6.45, 7) is 4.84. The minimum atomic E-state index is -3.54. The lowest BCUT2D eigenvalue weighted by atomic mass is 9.93. The van der Waals surface area contributed by atoms with Gasteiger partial charge in [0, 0.05) is 23.0 Å². The maximum Gasteiger partial charge on any atom is 0.257 e. The summed E-state index contributed by atoms with van der Waals surface area (Å²) in [7, 11) is -3.54. The molecule has 1 N–H and O–H groups in total. The fourth-order valence-electron chi connectivity index (χ4n) is 4.37. The van der Waals surface area contributed by atoms with E-state index in [0.29, 0.717) is 23.2 Å². The highest BCUT2D eigenvalue weighted by Crippen LogP contribution is 2.32. The molecule has 1 aliphatic carbocycles. The Hall–Kier alpha value is -1.77. The van der Waals surface area contributed by atoms with Gasteiger partial charge < -0.3 is 0 Å². The number of aryl methyl sites for hydroxylation is 1. The third-order valence-corrected chi connectivity index (χ3v) is 9.18. The number of aromatic nitrogens is 1. The van der Waals surface area contributed by atoms with E-state index < -0.39 is 10.0 Å². The highest BCUT2D eigenvalue weighted by Gasteiger charge is 2.32. The molecule has 1 fully saturated rings. The van der Waals surface area contributed by atoms with Crippen molar-refractivity contribution in [2.75, 3.05) is 11.9 Å². The van der Waals surface area contributed by atoms with Crippen LogP contribution in [0.25, 0.3) is 0 Å². The zero-order valence-corrected chi connectivity index (χ0v) is 19.2. The molecule has 2 aliphatic rings. The zero-order valence-electron chi connectivity index (χ0n) is 17.6. The van der Waals surface area contributed by atoms with Crippen LogP contribution in [0.3, 0.4) is 0 Å². The van der Waals surface area contributed by atoms with Crippen LogP contribution in [0, 0.1) is 5.92 Å². The van der Waals surface area contributed by atoms with Crippen molar-refractivity contribution < 1.29 is 13.2 Å². The van der Waals surface area contributed by atoms with Crippen molar-refractivity contribution in [2.45, 2.75) is 69.7 Å². The van der Waals surface area contributed by atoms with E-state index in [2.05, 4.69) is 17.2 Å². The number of benzene rings is 1. The predicted molar refractivity (Wildman–Crippen MR) is 120 cm³/mol. The van der Waals surface area contributed by atoms with Gasteiger partial charge in [0.25, 0.3) is 5.91 Å². The molecule has 8 heteroatoms. The fraction of sp³-hybridized carbons (Fsp3) is 0.545. The van der Waals surface area contributed by atoms with E-state index in [4.69, 9.17) is 0 Å². The van der Waals surface area contributed by atoms with E-state index in [1.54, 1.807) is 39.9 Å². The van der Waals surface area contributed by atoms with Crippen LogP contribution in [-0.2, 0) is 22.9 Å². The van der Waals surface area contributed by atoms with Crippen LogP contribution in [-0.4, -0.2) is 36.2 Å². The van der Waals surface area contributed by atoms with Crippen LogP contribution < -0.4 is 5.32 Å². The second-order valence-electron chi connectivity index (χ2n) is 8.39. The molecular formula is C22H29N3O3S2. The van der Waals surface area contributed by atoms with Crippen molar-refractivity contribution in [3.63, 3.8) is 0 Å². The molecule has 162 valence electrons. The molecule has 1 saturated heterocycles. The Morgan fingerprint density at radius 2 is 2.00 bits per heavy atom. The number of nitrogens with one attached hydrogen (secondary N) is 1. The maximum absolute atomic E-state index is 13.1. The molecule has 0 spiro atoms. The molecule has 4 rings (SSSR count). The lowest BCUT2D eigenvalue weighted by Gasteiger charge is -2.34. The van der Waals surface area contributed by atoms with Crippen molar-refractivity contribution >= 4 is 32.4 Å². The molecule has 0 radical (unpaired) electrons. The first kappa shape index (κ1) is 21.5. The molecule has 1 aromatic heterocycles. The van der Waals surface area contributed by atoms with Crippen molar-refractivity contribution in [3.05, 3.63) is 40.4 Å². The fourth-order valence-corrected chi connectivity index (χ4v) is 7.31. The van der Waals surface area contributed by atoms with E-state index in [0.717, 1.165) is 50.6 Å². The lowest BCUT2D eigenvalue weighted by molar-refractivity contribution is 0.102. The normalized spacial score (nSPS) is 22.5. The summed E-state index contributed by atoms with van der Waals surface area (Å²) in [5.41, 5.74) is 1.53. The van der Waals surface area contributed by atoms with Gasteiger partial charge in [-0.25, -0.2) is 13.4 Å². The summed E-state index contributed by atoms with van der Waals surface area (Å²) in [5, 5.41) is 3.50. The second-order valence-corrected chi connectivity index (χ2v) is 11.4. The molecule has 1 amide bonds. The molecule has 2 heterocycles. The van der Waals surface area contributed by atoms with Gasteiger partial charge >= 0.3 is 0 Å². The van der Waals surface area contributed by atoms with E-state index in [9.17, 15) is 13.2 Å². The number of fused-ring (bicyclic) bond motifs is 1. The van der Waals surface area contributed by atoms with Crippen LogP contribution >= 0.6 is 11.3 Å². The monoisotopic (exact) mass is 447 g/mol. The standard InChI is InChI=1S/C22H29N3O3S2/c1-3-17-6-4-5-13-25(17)30(27,28)18-10-8-16(9-11-18)21(26)24-22-23-19-12-7-15(2)14-20(19)29-22/h8-11,15,17H,3-7,12-14H2,1-2H3,(H,23,24,26)/t15-,17+/m1/s1. The maximum atomic E-state index is 13.1. The molecule has 6 nitrogen and oxygen atoms in total. The summed E-state index contributed by atoms with van der Waals surface area (Å²) in [6.07, 6.45) is 6.81. The number of thiazole rings is 1. The quantitative estimate of drug-likeness (QED) is 0.733. The number of rotatable bonds is 5. The number of nitrogens with zero attached hydrogens (tertiary/aromatic N) is 2. The largest absolute Gasteiger partial charge is 0.298 e. The number of sulfonamides is 1. The SMILES string of the molecule is CC[C@H]1CCCCN1S(=O)(=O)c1ccc(C(=O)Nc2nc3c(s2)C[C@H](C)CC3)cc1. The van der Waals surface area contributed by atoms with Gasteiger partial charge in [0.2, 0.25) is 10.0 Å². The topological polar surface area (TPSA) is 79.4 Å². The van der Waals surface area contributed by atoms with Gasteiger partial charge in [-0.1, -0.05) is 20.3 Å². The van der Waals surface area contributed by atoms with Gasteiger partial charge in [-0.15, -0.1) is 11.3 Å². The van der Waals surface area contributed by atoms with Crippen molar-refractivity contribution in [1.82, 2.24) is 9.29 Å². The third kappa shape index (κ3) is 4.31. The van der Waals surface area contributed by atoms with Gasteiger partial charge in [0.15, 0.2) is 5.13 Å². The first-order valence-electron chi connectivity index (χ1n) is 10.8. The third-order valence-electron chi connectivity index (χ3n) is 6.17. The van der Waals surface area contributed by atoms with Crippen molar-refractivity contribution in [1.29, 1.82) is 0 Å². The summed E-state index contributed by atoms with van der Waals surface area (Å²) < 4.78 is 27.8. The molecule has 0 saturated carbocycles. The number of hydrogen-bond donors (Lipinski definition) is 1. The Morgan fingerprint density at radius 3 is 2.73 bits per heavy atom. The van der Waals surface area contributed by atoms with E-state index in [1.807, 2.05) is 6.92 Å². The van der Waals surface area contributed by atoms with Crippen LogP contribution in [0.5, 0.6) is 0 Å². The lowest BCUT2D eigenvalue weighted by Crippen LogP contribution is -2.43. The number of carbonyl (C=O) groups excluding carboxylic acids is 1. The van der Waals surface area contributed by atoms with Crippen LogP contribution in [0.1, 0.15) is 66.9 Å². The summed E-state index contributed by atoms with van der Waals surface area (Å²) >= 11 is 1.55. The predicted octanol–water partition coefficient (Wildman–Crippen LogP) is 4.47. The average molecular weight is 448 g/mol. The molecule has 1 aromatic carbocycles. The molecule has 2 aromatic rings. The minimum Gasteiger partial charge on any atom is -0.298 e. The Bertz CT molecular complexity index is 1010. The van der Waals surface area contributed by atoms with Crippen LogP contribution in [0.15, 0.2) is 29.2 Å². The molecular weight excluding hydrogens is 418 g/mol. The minimum absolute atomic E-state index is 0.0605. The highest BCUT2D eigenvalue weighted by atomic mass is 32.2. The Kier molecular flexibility index (Phi) is 6.27. The molecule has 0 bridgehead atoms. The Balaban J connectivity index is 1.47. The van der Waals surface area contributed by atoms with Gasteiger partial charge in [0.05, 0.1) is 10.6 Å². The summed E-state index contributed by atoms with van der Waals surface area (Å²) in [5.74, 6) is 0.394. The highest BCUT2D eigenvalue weighted by molar-refractivity contribution is 7.89. The smallest absolute Gasteiger partial charge is 0.257 e. The first-order valence-corrected chi connectivity index (χ1v) is 13.1. The number of anilines is 1. The van der Waals surface area contributed by atoms with Gasteiger partial charge in [-0.2, -0.15) is 4.31 Å². The van der Waals surface area contributed by atoms with Gasteiger partial charge in [-0.05, 0) is 68.7 Å². The molecule has 1 aliphatic heterocycles. The Labute approximate surface area is 182 Å². The molecule has 2 atom stereocenters. The number of hydrogen-bond acceptors (Lipinski definition) is 5. The number of amides is 1. The summed E-state index contributed by atoms with van der Waals surface area (Å²) in [6, 6.07) is 6.32. The zero-order chi connectivity index (χ0) is 21.3. The van der Waals surface area contributed by atoms with Crippen molar-refractivity contribution in [3.8, 4) is 0 Å². The molecule has 0 unspecified atom stereocenters. The van der Waals surface area contributed by atoms with E-state index in [-0.39, 0.29) is 16.8 Å². The summed E-state index contributed by atoms with van der Waals surface area (Å²) in [4.78, 5) is 18.7. The van der Waals surface area contributed by atoms with E-state index in [1.165, 1.54) is 4.88 Å². The average Bonchev–Trinajstić information content (AvgIpc) is 3.15. The number of carbonyl (C=O) groups is 1. The van der Waals surface area contributed by atoms with Gasteiger partial charge in [-0.3, -0.25) is 10.1 Å². The van der Waals surface area contributed by atoms with Crippen molar-refractivity contribution in [2.24, 2.45) is 5.92 Å². The molecule has 30 heavy (non-hydrogen) atoms. The van der Waals surface area contributed by atoms with Crippen LogP contribution in [0.2, 0.25) is 0 Å². The second kappa shape index (κ2) is 8.77.